The number of nitrogen functional groups attached to an aromatic ring is 1. The fourth-order valence-corrected chi connectivity index (χ4v) is 1.47. The van der Waals surface area contributed by atoms with Crippen LogP contribution in [-0.4, -0.2) is 12.1 Å². The highest BCUT2D eigenvalue weighted by Gasteiger charge is 1.97. The van der Waals surface area contributed by atoms with E-state index >= 15 is 0 Å². The first-order valence-electron chi connectivity index (χ1n) is 5.36. The Morgan fingerprint density at radius 3 is 2.71 bits per heavy atom. The summed E-state index contributed by atoms with van der Waals surface area (Å²) in [5, 5.41) is 3.29. The number of hydrogen-bond donors (Lipinski definition) is 2. The van der Waals surface area contributed by atoms with E-state index in [2.05, 4.69) is 10.3 Å². The van der Waals surface area contributed by atoms with Gasteiger partial charge in [0.25, 0.3) is 0 Å². The third kappa shape index (κ3) is 3.11. The number of anilines is 2. The minimum Gasteiger partial charge on any atom is -0.481 e. The molecule has 0 atom stereocenters. The molecule has 0 aliphatic carbocycles. The van der Waals surface area contributed by atoms with Crippen LogP contribution in [0.3, 0.4) is 0 Å². The van der Waals surface area contributed by atoms with Gasteiger partial charge in [-0.15, -0.1) is 0 Å². The van der Waals surface area contributed by atoms with E-state index in [0.717, 1.165) is 17.9 Å². The van der Waals surface area contributed by atoms with Crippen molar-refractivity contribution in [2.24, 2.45) is 0 Å². The highest BCUT2D eigenvalue weighted by atomic mass is 16.5. The molecule has 1 aromatic carbocycles. The van der Waals surface area contributed by atoms with Gasteiger partial charge in [-0.25, -0.2) is 4.98 Å². The maximum atomic E-state index is 5.63. The molecule has 3 N–H and O–H groups in total. The molecule has 0 aliphatic rings. The fourth-order valence-electron chi connectivity index (χ4n) is 1.47. The molecular formula is C13H15N3O. The van der Waals surface area contributed by atoms with Gasteiger partial charge in [0, 0.05) is 30.2 Å². The van der Waals surface area contributed by atoms with E-state index in [1.807, 2.05) is 36.4 Å². The van der Waals surface area contributed by atoms with Gasteiger partial charge in [-0.1, -0.05) is 12.1 Å². The number of aromatic nitrogens is 1. The fraction of sp³-hybridized carbons (Fsp3) is 0.154. The number of ether oxygens (including phenoxy) is 1. The Morgan fingerprint density at radius 2 is 2.00 bits per heavy atom. The summed E-state index contributed by atoms with van der Waals surface area (Å²) < 4.78 is 5.05. The van der Waals surface area contributed by atoms with Crippen molar-refractivity contribution in [1.29, 1.82) is 0 Å². The van der Waals surface area contributed by atoms with Crippen LogP contribution in [0.25, 0.3) is 0 Å². The number of methoxy groups -OCH3 is 1. The van der Waals surface area contributed by atoms with E-state index in [1.165, 1.54) is 5.56 Å². The maximum absolute atomic E-state index is 5.63. The van der Waals surface area contributed by atoms with Crippen LogP contribution >= 0.6 is 0 Å². The van der Waals surface area contributed by atoms with Crippen LogP contribution in [0, 0.1) is 0 Å². The predicted octanol–water partition coefficient (Wildman–Crippen LogP) is 2.28. The lowest BCUT2D eigenvalue weighted by atomic mass is 10.2. The Kier molecular flexibility index (Phi) is 3.45. The van der Waals surface area contributed by atoms with Gasteiger partial charge in [-0.2, -0.15) is 0 Å². The largest absolute Gasteiger partial charge is 0.481 e. The lowest BCUT2D eigenvalue weighted by Gasteiger charge is -2.07. The average Bonchev–Trinajstić information content (AvgIpc) is 2.38. The van der Waals surface area contributed by atoms with E-state index < -0.39 is 0 Å². The van der Waals surface area contributed by atoms with E-state index in [4.69, 9.17) is 10.5 Å². The molecule has 2 aromatic rings. The molecule has 2 rings (SSSR count). The minimum absolute atomic E-state index is 0.604. The topological polar surface area (TPSA) is 60.2 Å². The average molecular weight is 229 g/mol. The Balaban J connectivity index is 1.99. The van der Waals surface area contributed by atoms with Crippen LogP contribution in [0.15, 0.2) is 42.6 Å². The minimum atomic E-state index is 0.604. The van der Waals surface area contributed by atoms with Gasteiger partial charge >= 0.3 is 0 Å². The molecule has 17 heavy (non-hydrogen) atoms. The Hall–Kier alpha value is -2.23. The van der Waals surface area contributed by atoms with E-state index in [1.54, 1.807) is 13.3 Å². The number of pyridine rings is 1. The number of benzene rings is 1. The monoisotopic (exact) mass is 229 g/mol. The number of nitrogens with two attached hydrogens (primary N) is 1. The van der Waals surface area contributed by atoms with Crippen molar-refractivity contribution >= 4 is 11.4 Å². The molecule has 0 spiro atoms. The van der Waals surface area contributed by atoms with E-state index in [0.29, 0.717) is 5.88 Å². The molecule has 0 aliphatic heterocycles. The predicted molar refractivity (Wildman–Crippen MR) is 69.0 cm³/mol. The zero-order valence-electron chi connectivity index (χ0n) is 9.68. The number of rotatable bonds is 4. The summed E-state index contributed by atoms with van der Waals surface area (Å²) in [7, 11) is 1.60. The van der Waals surface area contributed by atoms with Crippen molar-refractivity contribution < 1.29 is 4.74 Å². The highest BCUT2D eigenvalue weighted by Crippen LogP contribution is 2.14. The molecular weight excluding hydrogens is 214 g/mol. The summed E-state index contributed by atoms with van der Waals surface area (Å²) in [6.07, 6.45) is 1.71. The van der Waals surface area contributed by atoms with E-state index in [9.17, 15) is 0 Å². The van der Waals surface area contributed by atoms with Gasteiger partial charge in [0.15, 0.2) is 0 Å². The zero-order valence-corrected chi connectivity index (χ0v) is 9.68. The molecule has 0 saturated heterocycles. The highest BCUT2D eigenvalue weighted by molar-refractivity contribution is 5.46. The summed E-state index contributed by atoms with van der Waals surface area (Å²) in [6, 6.07) is 11.5. The quantitative estimate of drug-likeness (QED) is 0.790. The van der Waals surface area contributed by atoms with Crippen molar-refractivity contribution in [3.05, 3.63) is 48.2 Å². The molecule has 0 radical (unpaired) electrons. The van der Waals surface area contributed by atoms with Gasteiger partial charge < -0.3 is 15.8 Å². The molecule has 88 valence electrons. The first-order chi connectivity index (χ1) is 8.28. The van der Waals surface area contributed by atoms with Gasteiger partial charge in [0.05, 0.1) is 7.11 Å². The second kappa shape index (κ2) is 5.21. The lowest BCUT2D eigenvalue weighted by Crippen LogP contribution is -2.00. The standard InChI is InChI=1S/C13H15N3O/c1-17-13-8-12(6-7-15-13)16-9-10-2-4-11(14)5-3-10/h2-8H,9,14H2,1H3,(H,15,16). The van der Waals surface area contributed by atoms with Crippen LogP contribution in [0.5, 0.6) is 5.88 Å². The molecule has 1 aromatic heterocycles. The molecule has 4 heteroatoms. The van der Waals surface area contributed by atoms with E-state index in [-0.39, 0.29) is 0 Å². The Bertz CT molecular complexity index is 482. The molecule has 0 saturated carbocycles. The van der Waals surface area contributed by atoms with Crippen molar-refractivity contribution in [2.75, 3.05) is 18.2 Å². The number of nitrogens with one attached hydrogen (secondary N) is 1. The van der Waals surface area contributed by atoms with Gasteiger partial charge in [-0.3, -0.25) is 0 Å². The molecule has 0 amide bonds. The smallest absolute Gasteiger partial charge is 0.214 e. The lowest BCUT2D eigenvalue weighted by molar-refractivity contribution is 0.398. The van der Waals surface area contributed by atoms with Crippen LogP contribution in [0.2, 0.25) is 0 Å². The number of nitrogens with zero attached hydrogens (tertiary/aromatic N) is 1. The zero-order chi connectivity index (χ0) is 12.1. The van der Waals surface area contributed by atoms with Crippen LogP contribution < -0.4 is 15.8 Å². The first kappa shape index (κ1) is 11.3. The van der Waals surface area contributed by atoms with Crippen molar-refractivity contribution in [3.8, 4) is 5.88 Å². The second-order valence-corrected chi connectivity index (χ2v) is 3.68. The summed E-state index contributed by atoms with van der Waals surface area (Å²) >= 11 is 0. The van der Waals surface area contributed by atoms with Crippen LogP contribution in [-0.2, 0) is 6.54 Å². The molecule has 4 nitrogen and oxygen atoms in total. The van der Waals surface area contributed by atoms with Crippen LogP contribution in [0.1, 0.15) is 5.56 Å². The Labute approximate surface area is 100 Å². The van der Waals surface area contributed by atoms with Crippen molar-refractivity contribution in [2.45, 2.75) is 6.54 Å². The van der Waals surface area contributed by atoms with Crippen LogP contribution in [0.4, 0.5) is 11.4 Å². The SMILES string of the molecule is COc1cc(NCc2ccc(N)cc2)ccn1. The van der Waals surface area contributed by atoms with Gasteiger partial charge in [-0.05, 0) is 23.8 Å². The molecule has 0 unspecified atom stereocenters. The second-order valence-electron chi connectivity index (χ2n) is 3.68. The summed E-state index contributed by atoms with van der Waals surface area (Å²) in [6.45, 7) is 0.743. The third-order valence-corrected chi connectivity index (χ3v) is 2.42. The van der Waals surface area contributed by atoms with Gasteiger partial charge in [0.2, 0.25) is 5.88 Å². The summed E-state index contributed by atoms with van der Waals surface area (Å²) in [4.78, 5) is 4.05. The molecule has 1 heterocycles. The molecule has 0 fully saturated rings. The summed E-state index contributed by atoms with van der Waals surface area (Å²) in [5.41, 5.74) is 8.56. The summed E-state index contributed by atoms with van der Waals surface area (Å²) in [5.74, 6) is 0.604. The van der Waals surface area contributed by atoms with Gasteiger partial charge in [0.1, 0.15) is 0 Å². The van der Waals surface area contributed by atoms with Crippen molar-refractivity contribution in [1.82, 2.24) is 4.98 Å². The van der Waals surface area contributed by atoms with Crippen molar-refractivity contribution in [3.63, 3.8) is 0 Å². The normalized spacial score (nSPS) is 9.94. The maximum Gasteiger partial charge on any atom is 0.214 e. The third-order valence-electron chi connectivity index (χ3n) is 2.42. The molecule has 0 bridgehead atoms. The first-order valence-corrected chi connectivity index (χ1v) is 5.36. The Morgan fingerprint density at radius 1 is 1.24 bits per heavy atom. The number of hydrogen-bond acceptors (Lipinski definition) is 4.